The molecule has 0 N–H and O–H groups in total. The molecule has 0 amide bonds. The minimum atomic E-state index is -0.0325. The molecule has 2 aromatic heterocycles. The Morgan fingerprint density at radius 1 is 1.36 bits per heavy atom. The van der Waals surface area contributed by atoms with Crippen LogP contribution in [-0.4, -0.2) is 0 Å². The summed E-state index contributed by atoms with van der Waals surface area (Å²) in [5.41, 5.74) is 2.01. The lowest BCUT2D eigenvalue weighted by Crippen LogP contribution is -1.71. The third-order valence-corrected chi connectivity index (χ3v) is 4.10. The average molecular weight is 186 g/mol. The summed E-state index contributed by atoms with van der Waals surface area (Å²) >= 11 is 2.88. The lowest BCUT2D eigenvalue weighted by atomic mass is 10.2. The number of aryl methyl sites for hydroxylation is 2. The summed E-state index contributed by atoms with van der Waals surface area (Å²) in [6.45, 7) is 3.87. The zero-order valence-electron chi connectivity index (χ0n) is 6.27. The fraction of sp³-hybridized carbons (Fsp3) is 0.250. The minimum Gasteiger partial charge on any atom is -0.195 e. The molecule has 0 nitrogen and oxygen atoms in total. The second kappa shape index (κ2) is 2.29. The monoisotopic (exact) mass is 186 g/mol. The highest BCUT2D eigenvalue weighted by atomic mass is 32.2. The van der Waals surface area contributed by atoms with Gasteiger partial charge in [-0.15, -0.1) is 11.3 Å². The van der Waals surface area contributed by atoms with Gasteiger partial charge in [0, 0.05) is 10.9 Å². The van der Waals surface area contributed by atoms with Gasteiger partial charge in [0.25, 0.3) is 0 Å². The maximum atomic E-state index is 13.0. The third-order valence-electron chi connectivity index (χ3n) is 1.79. The fourth-order valence-corrected chi connectivity index (χ4v) is 3.42. The van der Waals surface area contributed by atoms with Crippen molar-refractivity contribution in [3.8, 4) is 0 Å². The van der Waals surface area contributed by atoms with Crippen LogP contribution in [0, 0.1) is 19.0 Å². The Balaban J connectivity index is 2.95. The van der Waals surface area contributed by atoms with Gasteiger partial charge in [-0.25, -0.2) is 0 Å². The molecule has 0 aliphatic carbocycles. The van der Waals surface area contributed by atoms with E-state index in [2.05, 4.69) is 5.38 Å². The van der Waals surface area contributed by atoms with Crippen molar-refractivity contribution in [3.05, 3.63) is 21.6 Å². The van der Waals surface area contributed by atoms with Gasteiger partial charge in [-0.1, -0.05) is 11.3 Å². The number of halogens is 1. The molecule has 11 heavy (non-hydrogen) atoms. The Kier molecular flexibility index (Phi) is 1.51. The first kappa shape index (κ1) is 7.25. The molecule has 2 rings (SSSR count). The van der Waals surface area contributed by atoms with Crippen molar-refractivity contribution in [1.29, 1.82) is 0 Å². The van der Waals surface area contributed by atoms with E-state index in [1.54, 1.807) is 11.3 Å². The van der Waals surface area contributed by atoms with Gasteiger partial charge >= 0.3 is 0 Å². The number of rotatable bonds is 0. The lowest BCUT2D eigenvalue weighted by molar-refractivity contribution is 0.650. The largest absolute Gasteiger partial charge is 0.195 e. The van der Waals surface area contributed by atoms with Crippen molar-refractivity contribution in [2.45, 2.75) is 13.8 Å². The van der Waals surface area contributed by atoms with Crippen molar-refractivity contribution in [2.75, 3.05) is 0 Å². The summed E-state index contributed by atoms with van der Waals surface area (Å²) in [4.78, 5) is 0. The zero-order chi connectivity index (χ0) is 8.01. The summed E-state index contributed by atoms with van der Waals surface area (Å²) < 4.78 is 14.1. The second-order valence-electron chi connectivity index (χ2n) is 2.58. The molecule has 0 bridgehead atoms. The minimum absolute atomic E-state index is 0.0325. The molecule has 0 spiro atoms. The van der Waals surface area contributed by atoms with Gasteiger partial charge in [0.1, 0.15) is 0 Å². The molecule has 0 saturated heterocycles. The predicted molar refractivity (Wildman–Crippen MR) is 49.1 cm³/mol. The Morgan fingerprint density at radius 3 is 2.73 bits per heavy atom. The molecule has 0 aliphatic rings. The fourth-order valence-electron chi connectivity index (χ4n) is 1.20. The quantitative estimate of drug-likeness (QED) is 0.588. The Hall–Kier alpha value is -0.410. The molecule has 0 unspecified atom stereocenters. The molecule has 3 heteroatoms. The zero-order valence-corrected chi connectivity index (χ0v) is 7.90. The molecule has 0 saturated carbocycles. The van der Waals surface area contributed by atoms with Gasteiger partial charge in [-0.2, -0.15) is 4.39 Å². The first-order valence-corrected chi connectivity index (χ1v) is 5.02. The van der Waals surface area contributed by atoms with Gasteiger partial charge < -0.3 is 0 Å². The number of fused-ring (bicyclic) bond motifs is 1. The molecule has 0 aromatic carbocycles. The Bertz CT molecular complexity index is 397. The summed E-state index contributed by atoms with van der Waals surface area (Å²) in [5.74, 6) is 0. The van der Waals surface area contributed by atoms with E-state index in [0.29, 0.717) is 0 Å². The van der Waals surface area contributed by atoms with Crippen molar-refractivity contribution in [3.63, 3.8) is 0 Å². The topological polar surface area (TPSA) is 0 Å². The van der Waals surface area contributed by atoms with E-state index in [1.807, 2.05) is 13.8 Å². The van der Waals surface area contributed by atoms with Crippen LogP contribution in [0.2, 0.25) is 0 Å². The van der Waals surface area contributed by atoms with E-state index in [1.165, 1.54) is 16.9 Å². The second-order valence-corrected chi connectivity index (χ2v) is 4.69. The molecular formula is C8H7FS2. The van der Waals surface area contributed by atoms with Crippen LogP contribution in [0.3, 0.4) is 0 Å². The molecule has 0 aliphatic heterocycles. The number of thiophene rings is 2. The standard InChI is InChI=1S/C8H7FS2/c1-4-3-10-8-6(4)5(2)7(9)11-8/h3H,1-2H3. The predicted octanol–water partition coefficient (Wildman–Crippen LogP) is 3.72. The molecule has 2 aromatic rings. The first-order chi connectivity index (χ1) is 5.20. The van der Waals surface area contributed by atoms with E-state index in [0.717, 1.165) is 15.0 Å². The maximum absolute atomic E-state index is 13.0. The van der Waals surface area contributed by atoms with Crippen LogP contribution in [0.25, 0.3) is 9.40 Å². The van der Waals surface area contributed by atoms with Gasteiger partial charge in [0.15, 0.2) is 5.13 Å². The molecule has 0 fully saturated rings. The van der Waals surface area contributed by atoms with Gasteiger partial charge in [0.2, 0.25) is 0 Å². The van der Waals surface area contributed by atoms with E-state index in [9.17, 15) is 4.39 Å². The Morgan fingerprint density at radius 2 is 2.09 bits per heavy atom. The third kappa shape index (κ3) is 0.914. The number of hydrogen-bond donors (Lipinski definition) is 0. The molecule has 58 valence electrons. The summed E-state index contributed by atoms with van der Waals surface area (Å²) in [6, 6.07) is 0. The average Bonchev–Trinajstić information content (AvgIpc) is 2.41. The van der Waals surface area contributed by atoms with Crippen molar-refractivity contribution < 1.29 is 4.39 Å². The van der Waals surface area contributed by atoms with Crippen LogP contribution >= 0.6 is 22.7 Å². The summed E-state index contributed by atoms with van der Waals surface area (Å²) in [5, 5.41) is 3.17. The highest BCUT2D eigenvalue weighted by Gasteiger charge is 2.10. The molecule has 0 radical (unpaired) electrons. The summed E-state index contributed by atoms with van der Waals surface area (Å²) in [6.07, 6.45) is 0. The lowest BCUT2D eigenvalue weighted by Gasteiger charge is -1.86. The van der Waals surface area contributed by atoms with E-state index >= 15 is 0 Å². The van der Waals surface area contributed by atoms with Gasteiger partial charge in [0.05, 0.1) is 4.01 Å². The Labute approximate surface area is 72.3 Å². The molecule has 0 atom stereocenters. The van der Waals surface area contributed by atoms with Crippen LogP contribution in [0.15, 0.2) is 5.38 Å². The summed E-state index contributed by atoms with van der Waals surface area (Å²) in [7, 11) is 0. The maximum Gasteiger partial charge on any atom is 0.181 e. The van der Waals surface area contributed by atoms with Crippen LogP contribution in [0.4, 0.5) is 4.39 Å². The van der Waals surface area contributed by atoms with Crippen molar-refractivity contribution in [2.24, 2.45) is 0 Å². The van der Waals surface area contributed by atoms with E-state index < -0.39 is 0 Å². The van der Waals surface area contributed by atoms with Crippen LogP contribution < -0.4 is 0 Å². The SMILES string of the molecule is Cc1csc2sc(F)c(C)c12. The van der Waals surface area contributed by atoms with Crippen LogP contribution in [0.5, 0.6) is 0 Å². The van der Waals surface area contributed by atoms with E-state index in [-0.39, 0.29) is 5.13 Å². The smallest absolute Gasteiger partial charge is 0.181 e. The van der Waals surface area contributed by atoms with Gasteiger partial charge in [-0.3, -0.25) is 0 Å². The molecular weight excluding hydrogens is 179 g/mol. The van der Waals surface area contributed by atoms with E-state index in [4.69, 9.17) is 0 Å². The molecule has 2 heterocycles. The van der Waals surface area contributed by atoms with Crippen LogP contribution in [0.1, 0.15) is 11.1 Å². The van der Waals surface area contributed by atoms with Gasteiger partial charge in [-0.05, 0) is 24.8 Å². The highest BCUT2D eigenvalue weighted by molar-refractivity contribution is 7.37. The highest BCUT2D eigenvalue weighted by Crippen LogP contribution is 2.36. The first-order valence-electron chi connectivity index (χ1n) is 3.33. The van der Waals surface area contributed by atoms with Crippen LogP contribution in [-0.2, 0) is 0 Å². The van der Waals surface area contributed by atoms with Crippen molar-refractivity contribution >= 4 is 32.1 Å². The van der Waals surface area contributed by atoms with Crippen molar-refractivity contribution in [1.82, 2.24) is 0 Å². The number of hydrogen-bond acceptors (Lipinski definition) is 2. The normalized spacial score (nSPS) is 11.2.